The molecule has 1 fully saturated rings. The van der Waals surface area contributed by atoms with Crippen molar-refractivity contribution >= 4 is 0 Å². The van der Waals surface area contributed by atoms with Crippen LogP contribution in [0.5, 0.6) is 0 Å². The van der Waals surface area contributed by atoms with Gasteiger partial charge >= 0.3 is 0 Å². The van der Waals surface area contributed by atoms with E-state index in [1.54, 1.807) is 6.08 Å². The highest BCUT2D eigenvalue weighted by Crippen LogP contribution is 2.29. The first-order valence-electron chi connectivity index (χ1n) is 3.89. The molecule has 0 aromatic heterocycles. The van der Waals surface area contributed by atoms with E-state index in [0.29, 0.717) is 12.0 Å². The molecule has 0 bridgehead atoms. The molecule has 0 unspecified atom stereocenters. The van der Waals surface area contributed by atoms with Gasteiger partial charge < -0.3 is 5.11 Å². The summed E-state index contributed by atoms with van der Waals surface area (Å²) >= 11 is 0. The Morgan fingerprint density at radius 1 is 1.73 bits per heavy atom. The molecule has 1 aliphatic rings. The van der Waals surface area contributed by atoms with Crippen LogP contribution in [-0.4, -0.2) is 17.9 Å². The third-order valence-corrected chi connectivity index (χ3v) is 2.03. The van der Waals surface area contributed by atoms with Crippen molar-refractivity contribution in [2.75, 3.05) is 6.61 Å². The van der Waals surface area contributed by atoms with Gasteiger partial charge in [-0.25, -0.2) is 4.39 Å². The van der Waals surface area contributed by atoms with Crippen LogP contribution >= 0.6 is 0 Å². The molecule has 0 aliphatic heterocycles. The summed E-state index contributed by atoms with van der Waals surface area (Å²) in [5.41, 5.74) is 1.46. The van der Waals surface area contributed by atoms with E-state index in [0.717, 1.165) is 18.4 Å². The van der Waals surface area contributed by atoms with Crippen LogP contribution in [0.25, 0.3) is 0 Å². The van der Waals surface area contributed by atoms with E-state index in [1.807, 2.05) is 0 Å². The van der Waals surface area contributed by atoms with E-state index in [9.17, 15) is 4.39 Å². The summed E-state index contributed by atoms with van der Waals surface area (Å²) in [6, 6.07) is 0. The maximum Gasteiger partial charge on any atom is 0.125 e. The third-order valence-electron chi connectivity index (χ3n) is 2.03. The van der Waals surface area contributed by atoms with Crippen molar-refractivity contribution in [3.05, 3.63) is 23.8 Å². The lowest BCUT2D eigenvalue weighted by atomic mass is 9.89. The van der Waals surface area contributed by atoms with E-state index in [2.05, 4.69) is 6.58 Å². The van der Waals surface area contributed by atoms with Crippen LogP contribution in [0.3, 0.4) is 0 Å². The van der Waals surface area contributed by atoms with Gasteiger partial charge in [0.1, 0.15) is 6.17 Å². The van der Waals surface area contributed by atoms with E-state index in [-0.39, 0.29) is 6.61 Å². The summed E-state index contributed by atoms with van der Waals surface area (Å²) in [5, 5.41) is 8.58. The van der Waals surface area contributed by atoms with Crippen LogP contribution in [0, 0.1) is 0 Å². The first-order chi connectivity index (χ1) is 5.25. The van der Waals surface area contributed by atoms with Gasteiger partial charge in [-0.2, -0.15) is 0 Å². The monoisotopic (exact) mass is 156 g/mol. The fourth-order valence-electron chi connectivity index (χ4n) is 1.35. The van der Waals surface area contributed by atoms with Crippen molar-refractivity contribution in [1.29, 1.82) is 0 Å². The van der Waals surface area contributed by atoms with Gasteiger partial charge in [0.25, 0.3) is 0 Å². The minimum atomic E-state index is -0.887. The Bertz CT molecular complexity index is 184. The zero-order valence-electron chi connectivity index (χ0n) is 6.52. The van der Waals surface area contributed by atoms with Gasteiger partial charge in [-0.3, -0.25) is 0 Å². The van der Waals surface area contributed by atoms with Gasteiger partial charge in [0.15, 0.2) is 0 Å². The Labute approximate surface area is 66.2 Å². The molecule has 1 rings (SSSR count). The van der Waals surface area contributed by atoms with Gasteiger partial charge in [0.2, 0.25) is 0 Å². The first-order valence-corrected chi connectivity index (χ1v) is 3.89. The van der Waals surface area contributed by atoms with Crippen molar-refractivity contribution in [3.8, 4) is 0 Å². The summed E-state index contributed by atoms with van der Waals surface area (Å²) in [6.07, 6.45) is 3.07. The molecule has 62 valence electrons. The summed E-state index contributed by atoms with van der Waals surface area (Å²) < 4.78 is 12.9. The van der Waals surface area contributed by atoms with Crippen molar-refractivity contribution in [2.24, 2.45) is 0 Å². The number of hydrogen-bond donors (Lipinski definition) is 1. The highest BCUT2D eigenvalue weighted by Gasteiger charge is 2.19. The van der Waals surface area contributed by atoms with E-state index in [4.69, 9.17) is 5.11 Å². The standard InChI is InChI=1S/C9H13FO/c1-7-8(5-6-11)3-2-4-9(7)10/h5,9,11H,1-4,6H2/b8-5-/t9-/m0/s1. The van der Waals surface area contributed by atoms with Gasteiger partial charge in [-0.1, -0.05) is 12.7 Å². The van der Waals surface area contributed by atoms with Crippen LogP contribution < -0.4 is 0 Å². The number of aliphatic hydroxyl groups excluding tert-OH is 1. The highest BCUT2D eigenvalue weighted by molar-refractivity contribution is 5.33. The molecule has 2 heteroatoms. The van der Waals surface area contributed by atoms with E-state index < -0.39 is 6.17 Å². The maximum absolute atomic E-state index is 12.9. The number of hydrogen-bond acceptors (Lipinski definition) is 1. The molecule has 0 saturated heterocycles. The second-order valence-corrected chi connectivity index (χ2v) is 2.80. The predicted octanol–water partition coefficient (Wildman–Crippen LogP) is 1.98. The quantitative estimate of drug-likeness (QED) is 0.615. The highest BCUT2D eigenvalue weighted by atomic mass is 19.1. The van der Waals surface area contributed by atoms with Crippen LogP contribution in [0.4, 0.5) is 4.39 Å². The summed E-state index contributed by atoms with van der Waals surface area (Å²) in [6.45, 7) is 3.63. The topological polar surface area (TPSA) is 20.2 Å². The fourth-order valence-corrected chi connectivity index (χ4v) is 1.35. The number of aliphatic hydroxyl groups is 1. The zero-order chi connectivity index (χ0) is 8.27. The van der Waals surface area contributed by atoms with Crippen molar-refractivity contribution in [2.45, 2.75) is 25.4 Å². The third kappa shape index (κ3) is 1.90. The molecule has 1 nitrogen and oxygen atoms in total. The summed E-state index contributed by atoms with van der Waals surface area (Å²) in [4.78, 5) is 0. The van der Waals surface area contributed by atoms with Crippen LogP contribution in [-0.2, 0) is 0 Å². The van der Waals surface area contributed by atoms with Crippen molar-refractivity contribution in [1.82, 2.24) is 0 Å². The molecule has 11 heavy (non-hydrogen) atoms. The molecule has 0 aromatic rings. The Morgan fingerprint density at radius 2 is 2.45 bits per heavy atom. The minimum Gasteiger partial charge on any atom is -0.392 e. The zero-order valence-corrected chi connectivity index (χ0v) is 6.52. The van der Waals surface area contributed by atoms with Crippen molar-refractivity contribution < 1.29 is 9.50 Å². The number of alkyl halides is 1. The van der Waals surface area contributed by atoms with Gasteiger partial charge in [0, 0.05) is 0 Å². The Balaban J connectivity index is 2.66. The fraction of sp³-hybridized carbons (Fsp3) is 0.556. The smallest absolute Gasteiger partial charge is 0.125 e. The first kappa shape index (κ1) is 8.47. The van der Waals surface area contributed by atoms with E-state index >= 15 is 0 Å². The van der Waals surface area contributed by atoms with Gasteiger partial charge in [0.05, 0.1) is 6.61 Å². The Kier molecular flexibility index (Phi) is 2.83. The average Bonchev–Trinajstić information content (AvgIpc) is 1.99. The second kappa shape index (κ2) is 3.67. The van der Waals surface area contributed by atoms with Gasteiger partial charge in [-0.15, -0.1) is 0 Å². The summed E-state index contributed by atoms with van der Waals surface area (Å²) in [7, 11) is 0. The van der Waals surface area contributed by atoms with Crippen molar-refractivity contribution in [3.63, 3.8) is 0 Å². The van der Waals surface area contributed by atoms with Gasteiger partial charge in [-0.05, 0) is 30.4 Å². The molecule has 0 amide bonds. The molecular weight excluding hydrogens is 143 g/mol. The largest absolute Gasteiger partial charge is 0.392 e. The number of rotatable bonds is 1. The maximum atomic E-state index is 12.9. The van der Waals surface area contributed by atoms with Crippen LogP contribution in [0.1, 0.15) is 19.3 Å². The molecule has 1 N–H and O–H groups in total. The lowest BCUT2D eigenvalue weighted by molar-refractivity contribution is 0.329. The molecule has 0 spiro atoms. The SMILES string of the molecule is C=C1/C(=C\CO)CCC[C@@H]1F. The molecular formula is C9H13FO. The lowest BCUT2D eigenvalue weighted by Gasteiger charge is -2.20. The van der Waals surface area contributed by atoms with Crippen LogP contribution in [0.15, 0.2) is 23.8 Å². The summed E-state index contributed by atoms with van der Waals surface area (Å²) in [5.74, 6) is 0. The number of halogens is 1. The lowest BCUT2D eigenvalue weighted by Crippen LogP contribution is -2.12. The second-order valence-electron chi connectivity index (χ2n) is 2.80. The number of allylic oxidation sites excluding steroid dienone is 2. The van der Waals surface area contributed by atoms with E-state index in [1.165, 1.54) is 0 Å². The van der Waals surface area contributed by atoms with Crippen LogP contribution in [0.2, 0.25) is 0 Å². The molecule has 0 heterocycles. The molecule has 0 aromatic carbocycles. The molecule has 1 aliphatic carbocycles. The molecule has 0 radical (unpaired) electrons. The molecule has 1 saturated carbocycles. The Hall–Kier alpha value is -0.630. The predicted molar refractivity (Wildman–Crippen MR) is 43.1 cm³/mol. The average molecular weight is 156 g/mol. The molecule has 1 atom stereocenters. The Morgan fingerprint density at radius 3 is 3.09 bits per heavy atom. The minimum absolute atomic E-state index is 0.0128. The normalized spacial score (nSPS) is 29.5.